The minimum atomic E-state index is 0.0573. The third-order valence-electron chi connectivity index (χ3n) is 4.73. The first kappa shape index (κ1) is 10.4. The lowest BCUT2D eigenvalue weighted by atomic mass is 9.42. The highest BCUT2D eigenvalue weighted by Crippen LogP contribution is 2.65. The first-order valence-electron chi connectivity index (χ1n) is 5.60. The van der Waals surface area contributed by atoms with E-state index in [4.69, 9.17) is 17.0 Å². The molecule has 0 amide bonds. The molecule has 0 N–H and O–H groups in total. The van der Waals surface area contributed by atoms with Crippen LogP contribution in [-0.2, 0) is 4.74 Å². The second-order valence-electron chi connectivity index (χ2n) is 5.58. The summed E-state index contributed by atoms with van der Waals surface area (Å²) in [6.45, 7) is 8.90. The molecule has 0 saturated heterocycles. The van der Waals surface area contributed by atoms with Gasteiger partial charge in [0.2, 0.25) is 0 Å². The normalized spacial score (nSPS) is 44.0. The number of hydrogen-bond donors (Lipinski definition) is 0. The van der Waals surface area contributed by atoms with Gasteiger partial charge in [0.05, 0.1) is 0 Å². The number of thiocarbonyl (C=S) groups is 1. The van der Waals surface area contributed by atoms with Crippen LogP contribution in [0.1, 0.15) is 47.0 Å². The van der Waals surface area contributed by atoms with Crippen LogP contribution in [0.15, 0.2) is 0 Å². The Hall–Kier alpha value is -0.110. The predicted octanol–water partition coefficient (Wildman–Crippen LogP) is 3.57. The summed E-state index contributed by atoms with van der Waals surface area (Å²) in [4.78, 5) is 0. The van der Waals surface area contributed by atoms with Gasteiger partial charge < -0.3 is 4.74 Å². The highest BCUT2D eigenvalue weighted by molar-refractivity contribution is 7.80. The molecule has 14 heavy (non-hydrogen) atoms. The lowest BCUT2D eigenvalue weighted by Crippen LogP contribution is -2.68. The van der Waals surface area contributed by atoms with Crippen molar-refractivity contribution in [3.63, 3.8) is 0 Å². The maximum Gasteiger partial charge on any atom is 0.157 e. The molecular formula is C12H20OS. The quantitative estimate of drug-likeness (QED) is 0.615. The van der Waals surface area contributed by atoms with Crippen LogP contribution in [0.5, 0.6) is 0 Å². The maximum atomic E-state index is 6.00. The Kier molecular flexibility index (Phi) is 2.19. The summed E-state index contributed by atoms with van der Waals surface area (Å²) in [5, 5.41) is 0.713. The molecule has 0 heterocycles. The van der Waals surface area contributed by atoms with Crippen LogP contribution < -0.4 is 0 Å². The largest absolute Gasteiger partial charge is 0.480 e. The van der Waals surface area contributed by atoms with E-state index in [1.807, 2.05) is 6.92 Å². The Bertz CT molecular complexity index is 271. The molecule has 2 bridgehead atoms. The second kappa shape index (κ2) is 2.94. The number of ether oxygens (including phenoxy) is 1. The molecule has 3 unspecified atom stereocenters. The highest BCUT2D eigenvalue weighted by Gasteiger charge is 2.66. The lowest BCUT2D eigenvalue weighted by Gasteiger charge is -2.67. The maximum absolute atomic E-state index is 6.00. The Balaban J connectivity index is 2.26. The number of fused-ring (bicyclic) bond motifs is 2. The molecule has 0 aromatic heterocycles. The minimum Gasteiger partial charge on any atom is -0.480 e. The second-order valence-corrected chi connectivity index (χ2v) is 6.16. The van der Waals surface area contributed by atoms with Crippen molar-refractivity contribution in [2.45, 2.75) is 52.6 Å². The van der Waals surface area contributed by atoms with Crippen molar-refractivity contribution in [3.8, 4) is 0 Å². The van der Waals surface area contributed by atoms with E-state index in [1.165, 1.54) is 19.3 Å². The minimum absolute atomic E-state index is 0.0573. The van der Waals surface area contributed by atoms with E-state index in [9.17, 15) is 0 Å². The van der Waals surface area contributed by atoms with E-state index in [2.05, 4.69) is 20.8 Å². The Morgan fingerprint density at radius 2 is 2.00 bits per heavy atom. The van der Waals surface area contributed by atoms with Gasteiger partial charge in [-0.3, -0.25) is 0 Å². The third kappa shape index (κ3) is 1.09. The van der Waals surface area contributed by atoms with Crippen LogP contribution >= 0.6 is 12.2 Å². The van der Waals surface area contributed by atoms with Gasteiger partial charge in [-0.05, 0) is 43.3 Å². The topological polar surface area (TPSA) is 9.23 Å². The summed E-state index contributed by atoms with van der Waals surface area (Å²) in [5.74, 6) is 1.51. The molecule has 0 spiro atoms. The van der Waals surface area contributed by atoms with Gasteiger partial charge in [0.15, 0.2) is 5.05 Å². The SMILES string of the molecule is CC(=S)OC12CC(CCC1C)C2(C)C. The average molecular weight is 212 g/mol. The van der Waals surface area contributed by atoms with Crippen LogP contribution in [0.2, 0.25) is 0 Å². The molecule has 2 heteroatoms. The van der Waals surface area contributed by atoms with Crippen LogP contribution in [0.25, 0.3) is 0 Å². The zero-order valence-electron chi connectivity index (χ0n) is 9.59. The van der Waals surface area contributed by atoms with Crippen LogP contribution in [-0.4, -0.2) is 10.7 Å². The van der Waals surface area contributed by atoms with Gasteiger partial charge in [0.25, 0.3) is 0 Å². The van der Waals surface area contributed by atoms with E-state index in [1.54, 1.807) is 0 Å². The van der Waals surface area contributed by atoms with Gasteiger partial charge in [-0.1, -0.05) is 20.8 Å². The fraction of sp³-hybridized carbons (Fsp3) is 0.917. The summed E-state index contributed by atoms with van der Waals surface area (Å²) < 4.78 is 6.00. The summed E-state index contributed by atoms with van der Waals surface area (Å²) in [6, 6.07) is 0. The molecule has 3 aliphatic carbocycles. The number of rotatable bonds is 1. The van der Waals surface area contributed by atoms with E-state index in [0.29, 0.717) is 16.4 Å². The number of hydrogen-bond acceptors (Lipinski definition) is 2. The zero-order chi connectivity index (χ0) is 10.6. The van der Waals surface area contributed by atoms with E-state index < -0.39 is 0 Å². The Labute approximate surface area is 92.2 Å². The van der Waals surface area contributed by atoms with Gasteiger partial charge >= 0.3 is 0 Å². The van der Waals surface area contributed by atoms with E-state index in [-0.39, 0.29) is 5.60 Å². The van der Waals surface area contributed by atoms with Crippen molar-refractivity contribution in [2.24, 2.45) is 17.3 Å². The van der Waals surface area contributed by atoms with Crippen LogP contribution in [0.3, 0.4) is 0 Å². The van der Waals surface area contributed by atoms with E-state index >= 15 is 0 Å². The molecule has 80 valence electrons. The third-order valence-corrected chi connectivity index (χ3v) is 4.81. The van der Waals surface area contributed by atoms with Crippen molar-refractivity contribution in [3.05, 3.63) is 0 Å². The average Bonchev–Trinajstić information content (AvgIpc) is 2.07. The van der Waals surface area contributed by atoms with Crippen molar-refractivity contribution in [1.29, 1.82) is 0 Å². The molecule has 0 radical (unpaired) electrons. The van der Waals surface area contributed by atoms with Crippen molar-refractivity contribution >= 4 is 17.3 Å². The molecule has 1 nitrogen and oxygen atoms in total. The summed E-state index contributed by atoms with van der Waals surface area (Å²) >= 11 is 5.11. The summed E-state index contributed by atoms with van der Waals surface area (Å²) in [5.41, 5.74) is 0.381. The standard InChI is InChI=1S/C12H20OS/c1-8-5-6-10-7-12(8,11(10,3)4)13-9(2)14/h8,10H,5-7H2,1-4H3. The molecule has 0 aromatic carbocycles. The fourth-order valence-electron chi connectivity index (χ4n) is 3.61. The summed E-state index contributed by atoms with van der Waals surface area (Å²) in [7, 11) is 0. The van der Waals surface area contributed by atoms with Gasteiger partial charge in [0, 0.05) is 12.3 Å². The highest BCUT2D eigenvalue weighted by atomic mass is 32.1. The van der Waals surface area contributed by atoms with E-state index in [0.717, 1.165) is 5.92 Å². The molecule has 0 aromatic rings. The monoisotopic (exact) mass is 212 g/mol. The molecule has 3 fully saturated rings. The van der Waals surface area contributed by atoms with Gasteiger partial charge in [-0.25, -0.2) is 0 Å². The van der Waals surface area contributed by atoms with Crippen LogP contribution in [0.4, 0.5) is 0 Å². The van der Waals surface area contributed by atoms with Crippen molar-refractivity contribution < 1.29 is 4.74 Å². The zero-order valence-corrected chi connectivity index (χ0v) is 10.4. The predicted molar refractivity (Wildman–Crippen MR) is 62.4 cm³/mol. The Morgan fingerprint density at radius 3 is 2.43 bits per heavy atom. The smallest absolute Gasteiger partial charge is 0.157 e. The van der Waals surface area contributed by atoms with Crippen LogP contribution in [0, 0.1) is 17.3 Å². The molecule has 3 atom stereocenters. The first-order chi connectivity index (χ1) is 6.40. The van der Waals surface area contributed by atoms with Crippen molar-refractivity contribution in [1.82, 2.24) is 0 Å². The first-order valence-corrected chi connectivity index (χ1v) is 6.00. The van der Waals surface area contributed by atoms with Gasteiger partial charge in [-0.15, -0.1) is 0 Å². The fourth-order valence-corrected chi connectivity index (χ4v) is 3.76. The molecule has 3 aliphatic rings. The lowest BCUT2D eigenvalue weighted by molar-refractivity contribution is -0.241. The molecule has 3 saturated carbocycles. The Morgan fingerprint density at radius 1 is 1.36 bits per heavy atom. The molecule has 0 aliphatic heterocycles. The summed E-state index contributed by atoms with van der Waals surface area (Å²) in [6.07, 6.45) is 3.89. The molecule has 3 rings (SSSR count). The van der Waals surface area contributed by atoms with Crippen molar-refractivity contribution in [2.75, 3.05) is 0 Å². The van der Waals surface area contributed by atoms with Gasteiger partial charge in [-0.2, -0.15) is 0 Å². The van der Waals surface area contributed by atoms with Gasteiger partial charge in [0.1, 0.15) is 5.60 Å². The molecular weight excluding hydrogens is 192 g/mol.